The van der Waals surface area contributed by atoms with Gasteiger partial charge in [0.25, 0.3) is 5.69 Å². The van der Waals surface area contributed by atoms with Gasteiger partial charge >= 0.3 is 0 Å². The lowest BCUT2D eigenvalue weighted by molar-refractivity contribution is -0.384. The maximum absolute atomic E-state index is 10.9. The van der Waals surface area contributed by atoms with E-state index in [-0.39, 0.29) is 5.69 Å². The highest BCUT2D eigenvalue weighted by molar-refractivity contribution is 6.34. The second-order valence-electron chi connectivity index (χ2n) is 3.90. The van der Waals surface area contributed by atoms with E-state index in [4.69, 9.17) is 27.9 Å². The number of nitrogens with zero attached hydrogens (tertiary/aromatic N) is 1. The molecule has 0 saturated heterocycles. The van der Waals surface area contributed by atoms with Crippen LogP contribution in [0.2, 0.25) is 10.0 Å². The van der Waals surface area contributed by atoms with Gasteiger partial charge in [-0.15, -0.1) is 0 Å². The van der Waals surface area contributed by atoms with Crippen LogP contribution in [0.5, 0.6) is 11.5 Å². The highest BCUT2D eigenvalue weighted by Crippen LogP contribution is 2.34. The van der Waals surface area contributed by atoms with Crippen LogP contribution in [0, 0.1) is 10.1 Å². The normalized spacial score (nSPS) is 10.2. The van der Waals surface area contributed by atoms with Crippen molar-refractivity contribution < 1.29 is 9.66 Å². The number of rotatable bonds is 4. The van der Waals surface area contributed by atoms with Gasteiger partial charge in [-0.3, -0.25) is 10.1 Å². The van der Waals surface area contributed by atoms with Gasteiger partial charge < -0.3 is 10.1 Å². The van der Waals surface area contributed by atoms with Crippen molar-refractivity contribution in [2.45, 2.75) is 0 Å². The summed E-state index contributed by atoms with van der Waals surface area (Å²) in [6.45, 7) is 0. The lowest BCUT2D eigenvalue weighted by Gasteiger charge is -2.09. The number of non-ortho nitro benzene ring substituents is 1. The zero-order valence-electron chi connectivity index (χ0n) is 10.4. The van der Waals surface area contributed by atoms with Crippen LogP contribution in [0.3, 0.4) is 0 Å². The quantitative estimate of drug-likeness (QED) is 0.654. The Morgan fingerprint density at radius 2 is 1.95 bits per heavy atom. The molecule has 2 aromatic rings. The predicted molar refractivity (Wildman–Crippen MR) is 79.2 cm³/mol. The monoisotopic (exact) mass is 312 g/mol. The van der Waals surface area contributed by atoms with E-state index in [1.165, 1.54) is 12.1 Å². The third kappa shape index (κ3) is 3.31. The topological polar surface area (TPSA) is 64.4 Å². The van der Waals surface area contributed by atoms with Crippen molar-refractivity contribution in [3.8, 4) is 11.5 Å². The smallest absolute Gasteiger partial charge is 0.275 e. The molecule has 20 heavy (non-hydrogen) atoms. The van der Waals surface area contributed by atoms with E-state index in [0.29, 0.717) is 27.2 Å². The standard InChI is InChI=1S/C13H10Cl2N2O3/c1-16-9-5-10(17(18)19)7-11(6-9)20-13-4-8(14)2-3-12(13)15/h2-7,16H,1H3. The van der Waals surface area contributed by atoms with Gasteiger partial charge in [-0.05, 0) is 12.1 Å². The summed E-state index contributed by atoms with van der Waals surface area (Å²) >= 11 is 11.9. The first-order chi connectivity index (χ1) is 9.49. The average Bonchev–Trinajstić information content (AvgIpc) is 2.42. The summed E-state index contributed by atoms with van der Waals surface area (Å²) in [7, 11) is 1.66. The summed E-state index contributed by atoms with van der Waals surface area (Å²) in [6.07, 6.45) is 0. The molecule has 0 unspecified atom stereocenters. The summed E-state index contributed by atoms with van der Waals surface area (Å²) in [4.78, 5) is 10.4. The molecule has 2 aromatic carbocycles. The molecule has 7 heteroatoms. The first-order valence-corrected chi connectivity index (χ1v) is 6.35. The highest BCUT2D eigenvalue weighted by Gasteiger charge is 2.12. The molecule has 5 nitrogen and oxygen atoms in total. The summed E-state index contributed by atoms with van der Waals surface area (Å²) in [5.41, 5.74) is 0.484. The molecule has 0 fully saturated rings. The maximum atomic E-state index is 10.9. The van der Waals surface area contributed by atoms with Crippen molar-refractivity contribution in [3.63, 3.8) is 0 Å². The number of ether oxygens (including phenoxy) is 1. The summed E-state index contributed by atoms with van der Waals surface area (Å²) in [6, 6.07) is 9.12. The number of hydrogen-bond donors (Lipinski definition) is 1. The molecule has 0 heterocycles. The maximum Gasteiger partial charge on any atom is 0.275 e. The molecule has 0 aliphatic heterocycles. The number of nitrogens with one attached hydrogen (secondary N) is 1. The fourth-order valence-electron chi connectivity index (χ4n) is 1.57. The van der Waals surface area contributed by atoms with E-state index < -0.39 is 4.92 Å². The number of nitro groups is 1. The van der Waals surface area contributed by atoms with Crippen molar-refractivity contribution >= 4 is 34.6 Å². The molecular weight excluding hydrogens is 303 g/mol. The number of benzene rings is 2. The lowest BCUT2D eigenvalue weighted by atomic mass is 10.2. The Morgan fingerprint density at radius 3 is 2.60 bits per heavy atom. The summed E-state index contributed by atoms with van der Waals surface area (Å²) in [5.74, 6) is 0.634. The van der Waals surface area contributed by atoms with Crippen molar-refractivity contribution in [1.82, 2.24) is 0 Å². The molecule has 1 N–H and O–H groups in total. The van der Waals surface area contributed by atoms with Crippen LogP contribution >= 0.6 is 23.2 Å². The van der Waals surface area contributed by atoms with Crippen molar-refractivity contribution in [3.05, 3.63) is 56.6 Å². The van der Waals surface area contributed by atoms with Gasteiger partial charge in [0.05, 0.1) is 16.0 Å². The molecule has 0 bridgehead atoms. The fourth-order valence-corrected chi connectivity index (χ4v) is 1.89. The van der Waals surface area contributed by atoms with Crippen LogP contribution in [-0.4, -0.2) is 12.0 Å². The molecule has 2 rings (SSSR count). The van der Waals surface area contributed by atoms with Crippen LogP contribution in [0.25, 0.3) is 0 Å². The Bertz CT molecular complexity index is 662. The first kappa shape index (κ1) is 14.4. The van der Waals surface area contributed by atoms with Gasteiger partial charge in [0.2, 0.25) is 0 Å². The zero-order valence-corrected chi connectivity index (χ0v) is 11.9. The van der Waals surface area contributed by atoms with Gasteiger partial charge in [-0.2, -0.15) is 0 Å². The number of nitro benzene ring substituents is 1. The van der Waals surface area contributed by atoms with E-state index in [2.05, 4.69) is 5.32 Å². The van der Waals surface area contributed by atoms with E-state index in [1.54, 1.807) is 31.3 Å². The van der Waals surface area contributed by atoms with Gasteiger partial charge in [0.1, 0.15) is 11.5 Å². The van der Waals surface area contributed by atoms with Gasteiger partial charge in [0, 0.05) is 36.0 Å². The Balaban J connectivity index is 2.39. The number of anilines is 1. The summed E-state index contributed by atoms with van der Waals surface area (Å²) in [5, 5.41) is 14.5. The molecule has 0 aliphatic carbocycles. The number of hydrogen-bond acceptors (Lipinski definition) is 4. The molecule has 0 atom stereocenters. The minimum absolute atomic E-state index is 0.0787. The largest absolute Gasteiger partial charge is 0.455 e. The van der Waals surface area contributed by atoms with E-state index >= 15 is 0 Å². The SMILES string of the molecule is CNc1cc(Oc2cc(Cl)ccc2Cl)cc([N+](=O)[O-])c1. The molecule has 0 aromatic heterocycles. The van der Waals surface area contributed by atoms with Gasteiger partial charge in [0.15, 0.2) is 0 Å². The third-order valence-electron chi connectivity index (χ3n) is 2.51. The van der Waals surface area contributed by atoms with Gasteiger partial charge in [-0.1, -0.05) is 23.2 Å². The number of halogens is 2. The molecule has 0 aliphatic rings. The van der Waals surface area contributed by atoms with Crippen LogP contribution in [0.4, 0.5) is 11.4 Å². The van der Waals surface area contributed by atoms with Crippen LogP contribution in [-0.2, 0) is 0 Å². The second-order valence-corrected chi connectivity index (χ2v) is 4.74. The van der Waals surface area contributed by atoms with Crippen molar-refractivity contribution in [1.29, 1.82) is 0 Å². The Hall–Kier alpha value is -1.98. The van der Waals surface area contributed by atoms with E-state index in [0.717, 1.165) is 0 Å². The lowest BCUT2D eigenvalue weighted by Crippen LogP contribution is -1.94. The van der Waals surface area contributed by atoms with E-state index in [1.807, 2.05) is 0 Å². The molecular formula is C13H10Cl2N2O3. The molecule has 0 radical (unpaired) electrons. The van der Waals surface area contributed by atoms with Crippen molar-refractivity contribution in [2.24, 2.45) is 0 Å². The van der Waals surface area contributed by atoms with E-state index in [9.17, 15) is 10.1 Å². The Labute approximate surface area is 125 Å². The first-order valence-electron chi connectivity index (χ1n) is 5.60. The van der Waals surface area contributed by atoms with Crippen LogP contribution < -0.4 is 10.1 Å². The van der Waals surface area contributed by atoms with Crippen LogP contribution in [0.1, 0.15) is 0 Å². The molecule has 0 saturated carbocycles. The van der Waals surface area contributed by atoms with Crippen LogP contribution in [0.15, 0.2) is 36.4 Å². The molecule has 0 spiro atoms. The molecule has 0 amide bonds. The van der Waals surface area contributed by atoms with Crippen molar-refractivity contribution in [2.75, 3.05) is 12.4 Å². The highest BCUT2D eigenvalue weighted by atomic mass is 35.5. The Kier molecular flexibility index (Phi) is 4.32. The average molecular weight is 313 g/mol. The minimum atomic E-state index is -0.493. The zero-order chi connectivity index (χ0) is 14.7. The Morgan fingerprint density at radius 1 is 1.20 bits per heavy atom. The predicted octanol–water partition coefficient (Wildman–Crippen LogP) is 4.74. The van der Waals surface area contributed by atoms with Gasteiger partial charge in [-0.25, -0.2) is 0 Å². The minimum Gasteiger partial charge on any atom is -0.455 e. The summed E-state index contributed by atoms with van der Waals surface area (Å²) < 4.78 is 5.56. The third-order valence-corrected chi connectivity index (χ3v) is 3.06. The molecule has 104 valence electrons. The fraction of sp³-hybridized carbons (Fsp3) is 0.0769. The second kappa shape index (κ2) is 5.98.